The van der Waals surface area contributed by atoms with E-state index in [2.05, 4.69) is 32.0 Å². The van der Waals surface area contributed by atoms with Crippen LogP contribution >= 0.6 is 0 Å². The van der Waals surface area contributed by atoms with Gasteiger partial charge >= 0.3 is 0 Å². The van der Waals surface area contributed by atoms with Gasteiger partial charge in [-0.15, -0.1) is 0 Å². The average molecular weight is 234 g/mol. The molecule has 0 bridgehead atoms. The zero-order valence-corrected chi connectivity index (χ0v) is 10.9. The minimum Gasteiger partial charge on any atom is -0.390 e. The third kappa shape index (κ3) is 2.88. The molecular weight excluding hydrogens is 212 g/mol. The number of aliphatic hydroxyl groups excluding tert-OH is 1. The maximum atomic E-state index is 10.3. The fraction of sp³-hybridized carbons (Fsp3) is 0.600. The first kappa shape index (κ1) is 12.6. The van der Waals surface area contributed by atoms with Gasteiger partial charge in [-0.2, -0.15) is 0 Å². The molecule has 1 N–H and O–H groups in total. The van der Waals surface area contributed by atoms with Gasteiger partial charge in [0.1, 0.15) is 0 Å². The summed E-state index contributed by atoms with van der Waals surface area (Å²) in [6.07, 6.45) is 2.72. The molecule has 0 heterocycles. The van der Waals surface area contributed by atoms with E-state index in [9.17, 15) is 5.11 Å². The van der Waals surface area contributed by atoms with Crippen molar-refractivity contribution in [1.29, 1.82) is 0 Å². The van der Waals surface area contributed by atoms with Crippen molar-refractivity contribution in [2.24, 2.45) is 5.92 Å². The maximum absolute atomic E-state index is 10.3. The predicted octanol–water partition coefficient (Wildman–Crippen LogP) is 2.63. The number of methoxy groups -OCH3 is 1. The molecule has 1 aromatic rings. The lowest BCUT2D eigenvalue weighted by Crippen LogP contribution is -2.32. The van der Waals surface area contributed by atoms with E-state index in [1.807, 2.05) is 0 Å². The van der Waals surface area contributed by atoms with Crippen molar-refractivity contribution in [3.8, 4) is 0 Å². The Kier molecular flexibility index (Phi) is 3.85. The molecule has 2 atom stereocenters. The van der Waals surface area contributed by atoms with Gasteiger partial charge in [-0.1, -0.05) is 18.2 Å². The van der Waals surface area contributed by atoms with Crippen LogP contribution in [-0.4, -0.2) is 24.4 Å². The zero-order chi connectivity index (χ0) is 12.4. The van der Waals surface area contributed by atoms with Gasteiger partial charge in [-0.05, 0) is 49.3 Å². The molecule has 2 unspecified atom stereocenters. The number of hydrogen-bond acceptors (Lipinski definition) is 2. The summed E-state index contributed by atoms with van der Waals surface area (Å²) in [5.74, 6) is 0.569. The Morgan fingerprint density at radius 3 is 2.35 bits per heavy atom. The van der Waals surface area contributed by atoms with Crippen molar-refractivity contribution >= 4 is 0 Å². The fourth-order valence-corrected chi connectivity index (χ4v) is 2.58. The van der Waals surface area contributed by atoms with Crippen molar-refractivity contribution in [3.05, 3.63) is 34.9 Å². The van der Waals surface area contributed by atoms with Gasteiger partial charge < -0.3 is 9.84 Å². The molecule has 1 aliphatic rings. The van der Waals surface area contributed by atoms with Crippen LogP contribution in [-0.2, 0) is 11.2 Å². The highest BCUT2D eigenvalue weighted by atomic mass is 16.5. The molecule has 1 aliphatic carbocycles. The Balaban J connectivity index is 2.08. The third-order valence-corrected chi connectivity index (χ3v) is 3.80. The van der Waals surface area contributed by atoms with Crippen molar-refractivity contribution in [2.45, 2.75) is 45.3 Å². The lowest BCUT2D eigenvalue weighted by Gasteiger charge is -2.22. The highest BCUT2D eigenvalue weighted by Gasteiger charge is 2.36. The normalized spacial score (nSPS) is 19.1. The number of aliphatic hydroxyl groups is 1. The van der Waals surface area contributed by atoms with Crippen LogP contribution in [0.2, 0.25) is 0 Å². The summed E-state index contributed by atoms with van der Waals surface area (Å²) in [5.41, 5.74) is 3.78. The van der Waals surface area contributed by atoms with Crippen LogP contribution in [0.1, 0.15) is 29.5 Å². The second kappa shape index (κ2) is 5.19. The summed E-state index contributed by atoms with van der Waals surface area (Å²) in [6, 6.07) is 6.28. The Bertz CT molecular complexity index is 362. The zero-order valence-electron chi connectivity index (χ0n) is 10.9. The van der Waals surface area contributed by atoms with Crippen LogP contribution in [0.15, 0.2) is 18.2 Å². The Morgan fingerprint density at radius 2 is 1.88 bits per heavy atom. The first-order valence-corrected chi connectivity index (χ1v) is 6.39. The summed E-state index contributed by atoms with van der Waals surface area (Å²) in [5, 5.41) is 10.3. The largest absolute Gasteiger partial charge is 0.390 e. The van der Waals surface area contributed by atoms with Crippen LogP contribution in [0.5, 0.6) is 0 Å². The molecule has 2 nitrogen and oxygen atoms in total. The van der Waals surface area contributed by atoms with Crippen molar-refractivity contribution in [2.75, 3.05) is 7.11 Å². The Morgan fingerprint density at radius 1 is 1.29 bits per heavy atom. The lowest BCUT2D eigenvalue weighted by molar-refractivity contribution is -0.0239. The highest BCUT2D eigenvalue weighted by Crippen LogP contribution is 2.36. The summed E-state index contributed by atoms with van der Waals surface area (Å²) < 4.78 is 5.44. The molecule has 0 saturated heterocycles. The molecule has 94 valence electrons. The first-order chi connectivity index (χ1) is 8.13. The standard InChI is InChI=1S/C15H22O2/c1-10-5-4-6-11(2)13(10)9-14(16)15(17-3)12-7-8-12/h4-6,12,14-16H,7-9H2,1-3H3. The van der Waals surface area contributed by atoms with Crippen LogP contribution in [0, 0.1) is 19.8 Å². The molecule has 1 aromatic carbocycles. The Labute approximate surface area is 104 Å². The van der Waals surface area contributed by atoms with Crippen molar-refractivity contribution < 1.29 is 9.84 Å². The van der Waals surface area contributed by atoms with Crippen LogP contribution < -0.4 is 0 Å². The van der Waals surface area contributed by atoms with Crippen molar-refractivity contribution in [3.63, 3.8) is 0 Å². The second-order valence-electron chi connectivity index (χ2n) is 5.18. The number of benzene rings is 1. The fourth-order valence-electron chi connectivity index (χ4n) is 2.58. The molecule has 0 amide bonds. The van der Waals surface area contributed by atoms with Gasteiger partial charge in [0.15, 0.2) is 0 Å². The predicted molar refractivity (Wildman–Crippen MR) is 69.1 cm³/mol. The number of aryl methyl sites for hydroxylation is 2. The topological polar surface area (TPSA) is 29.5 Å². The molecule has 0 aromatic heterocycles. The number of hydrogen-bond donors (Lipinski definition) is 1. The number of ether oxygens (including phenoxy) is 1. The molecule has 0 aliphatic heterocycles. The van der Waals surface area contributed by atoms with E-state index in [1.54, 1.807) is 7.11 Å². The van der Waals surface area contributed by atoms with E-state index in [4.69, 9.17) is 4.74 Å². The molecule has 17 heavy (non-hydrogen) atoms. The van der Waals surface area contributed by atoms with E-state index in [0.717, 1.165) is 0 Å². The first-order valence-electron chi connectivity index (χ1n) is 6.39. The lowest BCUT2D eigenvalue weighted by atomic mass is 9.94. The summed E-state index contributed by atoms with van der Waals surface area (Å²) in [4.78, 5) is 0. The summed E-state index contributed by atoms with van der Waals surface area (Å²) in [6.45, 7) is 4.21. The minimum absolute atomic E-state index is 0.00834. The van der Waals surface area contributed by atoms with E-state index in [0.29, 0.717) is 12.3 Å². The molecule has 0 radical (unpaired) electrons. The summed E-state index contributed by atoms with van der Waals surface area (Å²) in [7, 11) is 1.71. The van der Waals surface area contributed by atoms with Gasteiger partial charge in [-0.25, -0.2) is 0 Å². The molecule has 2 rings (SSSR count). The molecule has 1 saturated carbocycles. The quantitative estimate of drug-likeness (QED) is 0.848. The monoisotopic (exact) mass is 234 g/mol. The van der Waals surface area contributed by atoms with Gasteiger partial charge in [0.25, 0.3) is 0 Å². The molecule has 1 fully saturated rings. The van der Waals surface area contributed by atoms with Gasteiger partial charge in [0.2, 0.25) is 0 Å². The van der Waals surface area contributed by atoms with Crippen LogP contribution in [0.25, 0.3) is 0 Å². The minimum atomic E-state index is -0.382. The molecule has 0 spiro atoms. The van der Waals surface area contributed by atoms with Gasteiger partial charge in [0, 0.05) is 13.5 Å². The highest BCUT2D eigenvalue weighted by molar-refractivity contribution is 5.34. The summed E-state index contributed by atoms with van der Waals surface area (Å²) >= 11 is 0. The average Bonchev–Trinajstić information content (AvgIpc) is 3.09. The van der Waals surface area contributed by atoms with E-state index < -0.39 is 0 Å². The van der Waals surface area contributed by atoms with Gasteiger partial charge in [0.05, 0.1) is 12.2 Å². The molecule has 2 heteroatoms. The van der Waals surface area contributed by atoms with Crippen LogP contribution in [0.4, 0.5) is 0 Å². The van der Waals surface area contributed by atoms with E-state index >= 15 is 0 Å². The van der Waals surface area contributed by atoms with E-state index in [1.165, 1.54) is 29.5 Å². The third-order valence-electron chi connectivity index (χ3n) is 3.80. The maximum Gasteiger partial charge on any atom is 0.0861 e. The van der Waals surface area contributed by atoms with Crippen molar-refractivity contribution in [1.82, 2.24) is 0 Å². The van der Waals surface area contributed by atoms with Crippen LogP contribution in [0.3, 0.4) is 0 Å². The second-order valence-corrected chi connectivity index (χ2v) is 5.18. The SMILES string of the molecule is COC(C(O)Cc1c(C)cccc1C)C1CC1. The van der Waals surface area contributed by atoms with E-state index in [-0.39, 0.29) is 12.2 Å². The molecular formula is C15H22O2. The van der Waals surface area contributed by atoms with Gasteiger partial charge in [-0.3, -0.25) is 0 Å². The smallest absolute Gasteiger partial charge is 0.0861 e. The number of rotatable bonds is 5. The Hall–Kier alpha value is -0.860.